The maximum atomic E-state index is 4.58. The van der Waals surface area contributed by atoms with E-state index in [1.54, 1.807) is 0 Å². The van der Waals surface area contributed by atoms with Crippen LogP contribution in [0, 0.1) is 0 Å². The highest BCUT2D eigenvalue weighted by molar-refractivity contribution is 4.70. The molecule has 0 aliphatic rings. The zero-order chi connectivity index (χ0) is 27.8. The van der Waals surface area contributed by atoms with Gasteiger partial charge in [0.2, 0.25) is 0 Å². The third-order valence-corrected chi connectivity index (χ3v) is 9.02. The van der Waals surface area contributed by atoms with Crippen molar-refractivity contribution in [1.82, 2.24) is 0 Å². The van der Waals surface area contributed by atoms with Gasteiger partial charge < -0.3 is 18.1 Å². The molecule has 39 heavy (non-hydrogen) atoms. The van der Waals surface area contributed by atoms with E-state index in [1.807, 2.05) is 0 Å². The van der Waals surface area contributed by atoms with E-state index in [4.69, 9.17) is 0 Å². The van der Waals surface area contributed by atoms with Crippen LogP contribution in [0.2, 0.25) is 0 Å². The molecule has 0 bridgehead atoms. The molecule has 0 aromatic carbocycles. The summed E-state index contributed by atoms with van der Waals surface area (Å²) < 4.78 is 0. The molecule has 0 aliphatic heterocycles. The van der Waals surface area contributed by atoms with Crippen LogP contribution in [0.4, 0.5) is 0 Å². The Morgan fingerprint density at radius 2 is 0.462 bits per heavy atom. The third kappa shape index (κ3) is 36.2. The first kappa shape index (κ1) is 41.4. The second-order valence-electron chi connectivity index (χ2n) is 13.6. The van der Waals surface area contributed by atoms with Crippen molar-refractivity contribution >= 4 is 0 Å². The van der Waals surface area contributed by atoms with E-state index in [-0.39, 0.29) is 12.4 Å². The standard InChI is InChI=1S/C37H77N.ClH/c1-4-6-8-10-12-14-16-18-20-22-24-26-28-30-32-34-36-37(3,38)35-33-31-29-27-25-23-21-19-17-15-13-11-9-7-5-2;/h4-36,38H2,1-3H3;1H. The molecule has 0 saturated carbocycles. The molecule has 1 nitrogen and oxygen atoms in total. The molecule has 1 unspecified atom stereocenters. The maximum Gasteiger partial charge on any atom is 0.0917 e. The number of unbranched alkanes of at least 4 members (excludes halogenated alkanes) is 29. The topological polar surface area (TPSA) is 27.6 Å². The molecule has 238 valence electrons. The minimum atomic E-state index is 0. The molecule has 0 aromatic rings. The van der Waals surface area contributed by atoms with Crippen LogP contribution in [-0.2, 0) is 0 Å². The van der Waals surface area contributed by atoms with Crippen LogP contribution in [-0.4, -0.2) is 5.54 Å². The molecule has 1 atom stereocenters. The Hall–Kier alpha value is 0.250. The van der Waals surface area contributed by atoms with Gasteiger partial charge in [-0.1, -0.05) is 200 Å². The van der Waals surface area contributed by atoms with E-state index in [9.17, 15) is 0 Å². The lowest BCUT2D eigenvalue weighted by atomic mass is 9.89. The van der Waals surface area contributed by atoms with E-state index < -0.39 is 0 Å². The van der Waals surface area contributed by atoms with Crippen molar-refractivity contribution in [2.45, 2.75) is 238 Å². The first-order chi connectivity index (χ1) is 18.6. The summed E-state index contributed by atoms with van der Waals surface area (Å²) in [6.45, 7) is 7.03. The highest BCUT2D eigenvalue weighted by atomic mass is 35.5. The molecular formula is C37H78ClN. The van der Waals surface area contributed by atoms with Crippen molar-refractivity contribution in [3.8, 4) is 0 Å². The lowest BCUT2D eigenvalue weighted by Gasteiger charge is -2.21. The molecule has 0 spiro atoms. The smallest absolute Gasteiger partial charge is 0.0917 e. The van der Waals surface area contributed by atoms with Crippen LogP contribution in [0.15, 0.2) is 0 Å². The summed E-state index contributed by atoms with van der Waals surface area (Å²) in [5, 5.41) is 0. The SMILES string of the molecule is CCCCCCCCCCCCCCCCCCC(C)([NH3+])CCCCCCCCCCCCCCCCC.[Cl-]. The van der Waals surface area contributed by atoms with E-state index in [1.165, 1.54) is 212 Å². The maximum absolute atomic E-state index is 4.58. The van der Waals surface area contributed by atoms with Crippen molar-refractivity contribution in [2.75, 3.05) is 0 Å². The van der Waals surface area contributed by atoms with Gasteiger partial charge in [0, 0.05) is 12.8 Å². The molecule has 0 radical (unpaired) electrons. The fourth-order valence-electron chi connectivity index (χ4n) is 6.15. The van der Waals surface area contributed by atoms with Gasteiger partial charge in [0.1, 0.15) is 0 Å². The Balaban J connectivity index is 0. The quantitative estimate of drug-likeness (QED) is 0.0759. The lowest BCUT2D eigenvalue weighted by Crippen LogP contribution is -3.00. The van der Waals surface area contributed by atoms with Gasteiger partial charge >= 0.3 is 0 Å². The van der Waals surface area contributed by atoms with Crippen molar-refractivity contribution < 1.29 is 18.1 Å². The van der Waals surface area contributed by atoms with Crippen LogP contribution in [0.1, 0.15) is 233 Å². The zero-order valence-electron chi connectivity index (χ0n) is 27.9. The van der Waals surface area contributed by atoms with Gasteiger partial charge in [-0.25, -0.2) is 0 Å². The van der Waals surface area contributed by atoms with Gasteiger partial charge in [-0.2, -0.15) is 0 Å². The zero-order valence-corrected chi connectivity index (χ0v) is 28.7. The van der Waals surface area contributed by atoms with Crippen molar-refractivity contribution in [2.24, 2.45) is 0 Å². The Labute approximate surface area is 255 Å². The summed E-state index contributed by atoms with van der Waals surface area (Å²) in [5.41, 5.74) is 4.91. The Bertz CT molecular complexity index is 422. The summed E-state index contributed by atoms with van der Waals surface area (Å²) in [6, 6.07) is 0. The fourth-order valence-corrected chi connectivity index (χ4v) is 6.15. The van der Waals surface area contributed by atoms with Crippen LogP contribution >= 0.6 is 0 Å². The third-order valence-electron chi connectivity index (χ3n) is 9.02. The number of rotatable bonds is 33. The van der Waals surface area contributed by atoms with Gasteiger partial charge in [0.25, 0.3) is 0 Å². The normalized spacial score (nSPS) is 12.9. The summed E-state index contributed by atoms with van der Waals surface area (Å²) >= 11 is 0. The minimum Gasteiger partial charge on any atom is -1.00 e. The average Bonchev–Trinajstić information content (AvgIpc) is 2.90. The predicted octanol–water partition coefficient (Wildman–Crippen LogP) is 9.90. The summed E-state index contributed by atoms with van der Waals surface area (Å²) in [6.07, 6.45) is 47.8. The van der Waals surface area contributed by atoms with E-state index in [2.05, 4.69) is 26.5 Å². The van der Waals surface area contributed by atoms with Crippen molar-refractivity contribution in [1.29, 1.82) is 0 Å². The molecule has 0 heterocycles. The predicted molar refractivity (Wildman–Crippen MR) is 175 cm³/mol. The van der Waals surface area contributed by atoms with Gasteiger partial charge in [-0.3, -0.25) is 0 Å². The van der Waals surface area contributed by atoms with E-state index in [0.29, 0.717) is 5.54 Å². The Morgan fingerprint density at radius 3 is 0.641 bits per heavy atom. The summed E-state index contributed by atoms with van der Waals surface area (Å²) in [7, 11) is 0. The summed E-state index contributed by atoms with van der Waals surface area (Å²) in [4.78, 5) is 0. The van der Waals surface area contributed by atoms with Gasteiger partial charge in [-0.15, -0.1) is 0 Å². The highest BCUT2D eigenvalue weighted by Gasteiger charge is 2.21. The minimum absolute atomic E-state index is 0. The number of halogens is 1. The molecular weight excluding hydrogens is 494 g/mol. The second-order valence-corrected chi connectivity index (χ2v) is 13.6. The molecule has 0 aromatic heterocycles. The van der Waals surface area contributed by atoms with Crippen LogP contribution in [0.5, 0.6) is 0 Å². The number of hydrogen-bond acceptors (Lipinski definition) is 0. The fraction of sp³-hybridized carbons (Fsp3) is 1.00. The highest BCUT2D eigenvalue weighted by Crippen LogP contribution is 2.20. The Morgan fingerprint density at radius 1 is 0.308 bits per heavy atom. The molecule has 3 N–H and O–H groups in total. The van der Waals surface area contributed by atoms with Gasteiger partial charge in [0.15, 0.2) is 0 Å². The first-order valence-electron chi connectivity index (χ1n) is 18.5. The number of hydrogen-bond donors (Lipinski definition) is 1. The molecule has 0 aliphatic carbocycles. The molecule has 0 amide bonds. The Kier molecular flexibility index (Phi) is 36.6. The van der Waals surface area contributed by atoms with Crippen LogP contribution < -0.4 is 18.1 Å². The second kappa shape index (κ2) is 34.5. The molecule has 0 fully saturated rings. The molecule has 0 rings (SSSR count). The lowest BCUT2D eigenvalue weighted by molar-refractivity contribution is -0.475. The van der Waals surface area contributed by atoms with Crippen molar-refractivity contribution in [3.05, 3.63) is 0 Å². The largest absolute Gasteiger partial charge is 1.00 e. The van der Waals surface area contributed by atoms with Gasteiger partial charge in [0.05, 0.1) is 5.54 Å². The van der Waals surface area contributed by atoms with E-state index in [0.717, 1.165) is 0 Å². The monoisotopic (exact) mass is 572 g/mol. The number of quaternary nitrogens is 1. The average molecular weight is 572 g/mol. The molecule has 0 saturated heterocycles. The molecule has 2 heteroatoms. The van der Waals surface area contributed by atoms with Crippen LogP contribution in [0.25, 0.3) is 0 Å². The summed E-state index contributed by atoms with van der Waals surface area (Å²) in [5.74, 6) is 0. The van der Waals surface area contributed by atoms with Gasteiger partial charge in [-0.05, 0) is 19.8 Å². The van der Waals surface area contributed by atoms with E-state index >= 15 is 0 Å². The van der Waals surface area contributed by atoms with Crippen LogP contribution in [0.3, 0.4) is 0 Å². The van der Waals surface area contributed by atoms with Crippen molar-refractivity contribution in [3.63, 3.8) is 0 Å². The first-order valence-corrected chi connectivity index (χ1v) is 18.5.